The van der Waals surface area contributed by atoms with E-state index in [0.717, 1.165) is 5.56 Å². The minimum absolute atomic E-state index is 0.410. The zero-order valence-electron chi connectivity index (χ0n) is 8.76. The van der Waals surface area contributed by atoms with E-state index in [2.05, 4.69) is 10.1 Å². The van der Waals surface area contributed by atoms with Crippen molar-refractivity contribution in [2.45, 2.75) is 19.3 Å². The van der Waals surface area contributed by atoms with Gasteiger partial charge in [-0.3, -0.25) is 0 Å². The van der Waals surface area contributed by atoms with E-state index in [0.29, 0.717) is 31.0 Å². The molecule has 0 N–H and O–H groups in total. The Labute approximate surface area is 93.5 Å². The van der Waals surface area contributed by atoms with Gasteiger partial charge in [0.05, 0.1) is 6.07 Å². The summed E-state index contributed by atoms with van der Waals surface area (Å²) in [7, 11) is 0. The van der Waals surface area contributed by atoms with Gasteiger partial charge in [-0.05, 0) is 5.56 Å². The van der Waals surface area contributed by atoms with Crippen LogP contribution >= 0.6 is 0 Å². The highest BCUT2D eigenvalue weighted by molar-refractivity contribution is 5.18. The number of rotatable bonds is 4. The zero-order chi connectivity index (χ0) is 11.2. The average Bonchev–Trinajstić information content (AvgIpc) is 2.75. The van der Waals surface area contributed by atoms with E-state index >= 15 is 0 Å². The van der Waals surface area contributed by atoms with Crippen molar-refractivity contribution in [1.82, 2.24) is 10.1 Å². The van der Waals surface area contributed by atoms with Gasteiger partial charge >= 0.3 is 0 Å². The van der Waals surface area contributed by atoms with Crippen LogP contribution in [0.25, 0.3) is 0 Å². The Morgan fingerprint density at radius 1 is 1.25 bits per heavy atom. The summed E-state index contributed by atoms with van der Waals surface area (Å²) >= 11 is 0. The van der Waals surface area contributed by atoms with Gasteiger partial charge in [0.15, 0.2) is 5.82 Å². The van der Waals surface area contributed by atoms with Crippen molar-refractivity contribution < 1.29 is 4.52 Å². The molecule has 1 aromatic carbocycles. The van der Waals surface area contributed by atoms with Crippen LogP contribution in [0.3, 0.4) is 0 Å². The van der Waals surface area contributed by atoms with Crippen LogP contribution in [0.15, 0.2) is 34.9 Å². The summed E-state index contributed by atoms with van der Waals surface area (Å²) in [6.45, 7) is 0. The molecule has 0 spiro atoms. The van der Waals surface area contributed by atoms with Crippen molar-refractivity contribution in [2.75, 3.05) is 0 Å². The lowest BCUT2D eigenvalue weighted by Gasteiger charge is -1.93. The molecule has 0 bridgehead atoms. The van der Waals surface area contributed by atoms with Gasteiger partial charge in [0.2, 0.25) is 5.89 Å². The summed E-state index contributed by atoms with van der Waals surface area (Å²) in [5.41, 5.74) is 1.15. The lowest BCUT2D eigenvalue weighted by atomic mass is 10.1. The van der Waals surface area contributed by atoms with Crippen LogP contribution in [-0.4, -0.2) is 10.1 Å². The fourth-order valence-electron chi connectivity index (χ4n) is 1.40. The molecule has 2 aromatic rings. The Morgan fingerprint density at radius 2 is 2.06 bits per heavy atom. The number of benzene rings is 1. The van der Waals surface area contributed by atoms with E-state index in [1.807, 2.05) is 36.4 Å². The van der Waals surface area contributed by atoms with Gasteiger partial charge in [-0.15, -0.1) is 0 Å². The van der Waals surface area contributed by atoms with Gasteiger partial charge in [0, 0.05) is 19.3 Å². The molecule has 4 nitrogen and oxygen atoms in total. The van der Waals surface area contributed by atoms with Crippen LogP contribution in [0.4, 0.5) is 0 Å². The monoisotopic (exact) mass is 213 g/mol. The maximum Gasteiger partial charge on any atom is 0.227 e. The van der Waals surface area contributed by atoms with E-state index in [-0.39, 0.29) is 0 Å². The van der Waals surface area contributed by atoms with E-state index in [4.69, 9.17) is 9.78 Å². The van der Waals surface area contributed by atoms with Crippen molar-refractivity contribution in [1.29, 1.82) is 5.26 Å². The summed E-state index contributed by atoms with van der Waals surface area (Å²) in [6, 6.07) is 12.0. The van der Waals surface area contributed by atoms with Crippen molar-refractivity contribution >= 4 is 0 Å². The number of hydrogen-bond acceptors (Lipinski definition) is 4. The highest BCUT2D eigenvalue weighted by atomic mass is 16.5. The van der Waals surface area contributed by atoms with Crippen LogP contribution in [0, 0.1) is 11.3 Å². The lowest BCUT2D eigenvalue weighted by molar-refractivity contribution is 0.375. The number of aryl methyl sites for hydroxylation is 1. The molecule has 0 saturated carbocycles. The zero-order valence-corrected chi connectivity index (χ0v) is 8.76. The first-order chi connectivity index (χ1) is 7.88. The summed E-state index contributed by atoms with van der Waals surface area (Å²) in [4.78, 5) is 4.21. The van der Waals surface area contributed by atoms with Gasteiger partial charge in [0.25, 0.3) is 0 Å². The maximum absolute atomic E-state index is 8.43. The third-order valence-electron chi connectivity index (χ3n) is 2.17. The molecule has 0 unspecified atom stereocenters. The van der Waals surface area contributed by atoms with Crippen molar-refractivity contribution in [3.05, 3.63) is 47.6 Å². The second kappa shape index (κ2) is 5.08. The SMILES string of the molecule is N#CCCc1nc(Cc2ccccc2)no1. The lowest BCUT2D eigenvalue weighted by Crippen LogP contribution is -1.91. The van der Waals surface area contributed by atoms with Crippen LogP contribution in [0.5, 0.6) is 0 Å². The molecule has 0 atom stereocenters. The first-order valence-corrected chi connectivity index (χ1v) is 5.11. The van der Waals surface area contributed by atoms with Crippen LogP contribution in [0.2, 0.25) is 0 Å². The molecule has 16 heavy (non-hydrogen) atoms. The average molecular weight is 213 g/mol. The molecule has 4 heteroatoms. The fraction of sp³-hybridized carbons (Fsp3) is 0.250. The molecule has 0 saturated heterocycles. The van der Waals surface area contributed by atoms with Crippen LogP contribution in [0.1, 0.15) is 23.7 Å². The second-order valence-electron chi connectivity index (χ2n) is 3.42. The number of hydrogen-bond donors (Lipinski definition) is 0. The smallest absolute Gasteiger partial charge is 0.227 e. The Morgan fingerprint density at radius 3 is 2.81 bits per heavy atom. The molecule has 0 aliphatic rings. The quantitative estimate of drug-likeness (QED) is 0.780. The van der Waals surface area contributed by atoms with Gasteiger partial charge < -0.3 is 4.52 Å². The van der Waals surface area contributed by atoms with Crippen molar-refractivity contribution in [3.63, 3.8) is 0 Å². The fourth-order valence-corrected chi connectivity index (χ4v) is 1.40. The molecule has 0 radical (unpaired) electrons. The third kappa shape index (κ3) is 2.67. The molecule has 1 heterocycles. The normalized spacial score (nSPS) is 9.94. The number of nitrogens with zero attached hydrogens (tertiary/aromatic N) is 3. The predicted octanol–water partition coefficient (Wildman–Crippen LogP) is 2.12. The topological polar surface area (TPSA) is 62.7 Å². The van der Waals surface area contributed by atoms with E-state index < -0.39 is 0 Å². The van der Waals surface area contributed by atoms with E-state index in [1.165, 1.54) is 0 Å². The van der Waals surface area contributed by atoms with Gasteiger partial charge in [-0.2, -0.15) is 10.2 Å². The number of aromatic nitrogens is 2. The molecular formula is C12H11N3O. The molecule has 2 rings (SSSR count). The second-order valence-corrected chi connectivity index (χ2v) is 3.42. The Kier molecular flexibility index (Phi) is 3.29. The summed E-state index contributed by atoms with van der Waals surface area (Å²) in [6.07, 6.45) is 1.60. The highest BCUT2D eigenvalue weighted by Gasteiger charge is 2.06. The third-order valence-corrected chi connectivity index (χ3v) is 2.17. The molecular weight excluding hydrogens is 202 g/mol. The standard InChI is InChI=1S/C12H11N3O/c13-8-4-7-12-14-11(15-16-12)9-10-5-2-1-3-6-10/h1-3,5-6H,4,7,9H2. The van der Waals surface area contributed by atoms with Crippen LogP contribution in [-0.2, 0) is 12.8 Å². The van der Waals surface area contributed by atoms with Gasteiger partial charge in [-0.1, -0.05) is 35.5 Å². The van der Waals surface area contributed by atoms with E-state index in [1.54, 1.807) is 0 Å². The highest BCUT2D eigenvalue weighted by Crippen LogP contribution is 2.07. The summed E-state index contributed by atoms with van der Waals surface area (Å²) in [5, 5.41) is 12.3. The minimum atomic E-state index is 0.410. The van der Waals surface area contributed by atoms with Crippen LogP contribution < -0.4 is 0 Å². The minimum Gasteiger partial charge on any atom is -0.339 e. The first-order valence-electron chi connectivity index (χ1n) is 5.11. The Balaban J connectivity index is 2.01. The van der Waals surface area contributed by atoms with Crippen molar-refractivity contribution in [2.24, 2.45) is 0 Å². The van der Waals surface area contributed by atoms with Crippen molar-refractivity contribution in [3.8, 4) is 6.07 Å². The van der Waals surface area contributed by atoms with Gasteiger partial charge in [-0.25, -0.2) is 0 Å². The number of nitriles is 1. The Bertz CT molecular complexity index is 484. The summed E-state index contributed by atoms with van der Waals surface area (Å²) < 4.78 is 5.03. The largest absolute Gasteiger partial charge is 0.339 e. The molecule has 0 amide bonds. The molecule has 1 aromatic heterocycles. The summed E-state index contributed by atoms with van der Waals surface area (Å²) in [5.74, 6) is 1.20. The molecule has 0 aliphatic heterocycles. The molecule has 0 aliphatic carbocycles. The first kappa shape index (κ1) is 10.4. The van der Waals surface area contributed by atoms with Gasteiger partial charge in [0.1, 0.15) is 0 Å². The Hall–Kier alpha value is -2.15. The van der Waals surface area contributed by atoms with E-state index in [9.17, 15) is 0 Å². The molecule has 80 valence electrons. The molecule has 0 fully saturated rings. The predicted molar refractivity (Wildman–Crippen MR) is 57.5 cm³/mol. The maximum atomic E-state index is 8.43.